The van der Waals surface area contributed by atoms with Crippen molar-refractivity contribution >= 4 is 34.9 Å². The number of carbonyl (C=O) groups is 2. The topological polar surface area (TPSA) is 65.3 Å². The predicted molar refractivity (Wildman–Crippen MR) is 126 cm³/mol. The maximum atomic E-state index is 12.5. The molecule has 7 nitrogen and oxygen atoms in total. The van der Waals surface area contributed by atoms with Gasteiger partial charge in [-0.15, -0.1) is 0 Å². The van der Waals surface area contributed by atoms with Crippen molar-refractivity contribution in [1.82, 2.24) is 4.90 Å². The summed E-state index contributed by atoms with van der Waals surface area (Å²) >= 11 is 0. The minimum Gasteiger partial charge on any atom is -0.323 e. The largest absolute Gasteiger partial charge is 0.352 e. The number of amides is 3. The van der Waals surface area contributed by atoms with E-state index in [0.717, 1.165) is 66.3 Å². The number of imide groups is 1. The molecule has 3 rings (SSSR count). The number of benzene rings is 1. The third-order valence-corrected chi connectivity index (χ3v) is 6.93. The van der Waals surface area contributed by atoms with Gasteiger partial charge in [0.1, 0.15) is 6.54 Å². The average molecular weight is 427 g/mol. The van der Waals surface area contributed by atoms with Crippen LogP contribution in [0, 0.1) is 6.92 Å². The number of hydrogen-bond acceptors (Lipinski definition) is 4. The highest BCUT2D eigenvalue weighted by atomic mass is 16.2. The van der Waals surface area contributed by atoms with E-state index in [1.807, 2.05) is 0 Å². The van der Waals surface area contributed by atoms with Crippen molar-refractivity contribution in [1.29, 1.82) is 0 Å². The van der Waals surface area contributed by atoms with Gasteiger partial charge in [-0.3, -0.25) is 9.69 Å². The molecule has 0 N–H and O–H groups in total. The molecule has 168 valence electrons. The molecule has 0 bridgehead atoms. The normalized spacial score (nSPS) is 16.6. The molecule has 2 aliphatic heterocycles. The number of quaternary nitrogens is 1. The summed E-state index contributed by atoms with van der Waals surface area (Å²) < 4.78 is 1.03. The summed E-state index contributed by atoms with van der Waals surface area (Å²) in [5.74, 6) is 0.256. The van der Waals surface area contributed by atoms with E-state index in [9.17, 15) is 9.59 Å². The monoisotopic (exact) mass is 426 g/mol. The van der Waals surface area contributed by atoms with Crippen LogP contribution in [0.2, 0.25) is 0 Å². The van der Waals surface area contributed by atoms with Crippen LogP contribution in [-0.4, -0.2) is 66.1 Å². The van der Waals surface area contributed by atoms with Crippen LogP contribution in [0.4, 0.5) is 16.2 Å². The highest BCUT2D eigenvalue weighted by Gasteiger charge is 2.34. The summed E-state index contributed by atoms with van der Waals surface area (Å²) in [6, 6.07) is 3.84. The number of urea groups is 1. The summed E-state index contributed by atoms with van der Waals surface area (Å²) in [6.07, 6.45) is 2.08. The van der Waals surface area contributed by atoms with Crippen LogP contribution >= 0.6 is 0 Å². The molecule has 1 aromatic carbocycles. The van der Waals surface area contributed by atoms with E-state index in [4.69, 9.17) is 4.99 Å². The molecular formula is C24H36N5O2+. The molecule has 3 amide bonds. The van der Waals surface area contributed by atoms with Crippen LogP contribution in [0.15, 0.2) is 22.1 Å². The maximum Gasteiger partial charge on any atom is 0.352 e. The van der Waals surface area contributed by atoms with Crippen LogP contribution in [0.3, 0.4) is 0 Å². The van der Waals surface area contributed by atoms with Crippen LogP contribution in [0.5, 0.6) is 0 Å². The SMILES string of the molecule is CCCCN1C2=NC(=O)N(C)C(=O)CC2=Nc2cc(C)c(C[N+](CC)(CC)CC)cc21. The van der Waals surface area contributed by atoms with E-state index in [-0.39, 0.29) is 12.3 Å². The molecule has 0 atom stereocenters. The van der Waals surface area contributed by atoms with Gasteiger partial charge < -0.3 is 9.38 Å². The van der Waals surface area contributed by atoms with Crippen molar-refractivity contribution in [2.45, 2.75) is 60.4 Å². The number of anilines is 1. The number of unbranched alkanes of at least 4 members (excludes halogenated alkanes) is 1. The molecule has 0 saturated carbocycles. The number of amidine groups is 1. The molecule has 2 heterocycles. The molecule has 0 unspecified atom stereocenters. The Bertz CT molecular complexity index is 922. The number of nitrogens with zero attached hydrogens (tertiary/aromatic N) is 5. The molecule has 2 aliphatic rings. The van der Waals surface area contributed by atoms with E-state index in [1.165, 1.54) is 18.2 Å². The molecule has 0 aliphatic carbocycles. The second-order valence-electron chi connectivity index (χ2n) is 8.63. The number of fused-ring (bicyclic) bond motifs is 2. The minimum absolute atomic E-state index is 0.0887. The molecule has 0 saturated heterocycles. The second-order valence-corrected chi connectivity index (χ2v) is 8.63. The lowest BCUT2D eigenvalue weighted by Crippen LogP contribution is -2.47. The Morgan fingerprint density at radius 1 is 1.03 bits per heavy atom. The number of hydrogen-bond donors (Lipinski definition) is 0. The fourth-order valence-corrected chi connectivity index (χ4v) is 4.35. The van der Waals surface area contributed by atoms with Crippen LogP contribution in [0.1, 0.15) is 58.1 Å². The van der Waals surface area contributed by atoms with Crippen LogP contribution in [0.25, 0.3) is 0 Å². The Morgan fingerprint density at radius 2 is 1.71 bits per heavy atom. The van der Waals surface area contributed by atoms with Crippen molar-refractivity contribution in [3.63, 3.8) is 0 Å². The standard InChI is InChI=1S/C24H36N5O2/c1-7-11-12-28-21-14-18(16-29(8-2,9-3)10-4)17(5)13-19(21)25-20-15-22(30)27(6)24(31)26-23(20)28/h13-14H,7-12,15-16H2,1-6H3/q+1. The molecule has 0 aromatic heterocycles. The Balaban J connectivity index is 2.13. The van der Waals surface area contributed by atoms with Crippen molar-refractivity contribution < 1.29 is 14.1 Å². The summed E-state index contributed by atoms with van der Waals surface area (Å²) in [6.45, 7) is 16.0. The van der Waals surface area contributed by atoms with E-state index in [0.29, 0.717) is 11.5 Å². The van der Waals surface area contributed by atoms with Gasteiger partial charge in [0, 0.05) is 19.2 Å². The van der Waals surface area contributed by atoms with Gasteiger partial charge in [-0.2, -0.15) is 4.99 Å². The van der Waals surface area contributed by atoms with Crippen LogP contribution < -0.4 is 4.90 Å². The quantitative estimate of drug-likeness (QED) is 0.577. The fraction of sp³-hybridized carbons (Fsp3) is 0.583. The lowest BCUT2D eigenvalue weighted by molar-refractivity contribution is -0.936. The molecule has 7 heteroatoms. The predicted octanol–water partition coefficient (Wildman–Crippen LogP) is 4.44. The summed E-state index contributed by atoms with van der Waals surface area (Å²) in [5, 5.41) is 0. The van der Waals surface area contributed by atoms with Gasteiger partial charge in [-0.25, -0.2) is 9.79 Å². The van der Waals surface area contributed by atoms with Gasteiger partial charge in [0.2, 0.25) is 5.91 Å². The summed E-state index contributed by atoms with van der Waals surface area (Å²) in [5.41, 5.74) is 4.95. The maximum absolute atomic E-state index is 12.5. The number of carbonyl (C=O) groups excluding carboxylic acids is 2. The van der Waals surface area contributed by atoms with Crippen molar-refractivity contribution in [3.8, 4) is 0 Å². The first-order chi connectivity index (χ1) is 14.8. The van der Waals surface area contributed by atoms with Gasteiger partial charge >= 0.3 is 6.03 Å². The van der Waals surface area contributed by atoms with Gasteiger partial charge in [0.05, 0.1) is 43.1 Å². The average Bonchev–Trinajstić information content (AvgIpc) is 2.87. The molecule has 31 heavy (non-hydrogen) atoms. The molecule has 0 radical (unpaired) electrons. The van der Waals surface area contributed by atoms with Crippen molar-refractivity contribution in [2.24, 2.45) is 9.98 Å². The first-order valence-electron chi connectivity index (χ1n) is 11.5. The van der Waals surface area contributed by atoms with Crippen molar-refractivity contribution in [2.75, 3.05) is 38.1 Å². The van der Waals surface area contributed by atoms with E-state index >= 15 is 0 Å². The minimum atomic E-state index is -0.527. The Hall–Kier alpha value is -2.54. The van der Waals surface area contributed by atoms with E-state index in [2.05, 4.69) is 56.6 Å². The zero-order valence-corrected chi connectivity index (χ0v) is 19.9. The lowest BCUT2D eigenvalue weighted by Gasteiger charge is -2.37. The van der Waals surface area contributed by atoms with Gasteiger partial charge in [-0.05, 0) is 51.8 Å². The molecular weight excluding hydrogens is 390 g/mol. The van der Waals surface area contributed by atoms with Gasteiger partial charge in [0.15, 0.2) is 5.84 Å². The summed E-state index contributed by atoms with van der Waals surface area (Å²) in [4.78, 5) is 37.2. The number of aryl methyl sites for hydroxylation is 1. The van der Waals surface area contributed by atoms with Crippen LogP contribution in [-0.2, 0) is 11.3 Å². The zero-order valence-electron chi connectivity index (χ0n) is 19.9. The Labute approximate surface area is 186 Å². The first kappa shape index (κ1) is 23.1. The van der Waals surface area contributed by atoms with Crippen molar-refractivity contribution in [3.05, 3.63) is 23.3 Å². The number of aliphatic imine (C=N–C) groups is 2. The molecule has 0 fully saturated rings. The highest BCUT2D eigenvalue weighted by Crippen LogP contribution is 2.38. The van der Waals surface area contributed by atoms with Gasteiger partial charge in [0.25, 0.3) is 0 Å². The summed E-state index contributed by atoms with van der Waals surface area (Å²) in [7, 11) is 1.48. The third kappa shape index (κ3) is 4.42. The lowest BCUT2D eigenvalue weighted by atomic mass is 10.0. The number of rotatable bonds is 8. The first-order valence-corrected chi connectivity index (χ1v) is 11.5. The molecule has 1 aromatic rings. The molecule has 0 spiro atoms. The second kappa shape index (κ2) is 9.30. The van der Waals surface area contributed by atoms with E-state index in [1.54, 1.807) is 0 Å². The fourth-order valence-electron chi connectivity index (χ4n) is 4.35. The highest BCUT2D eigenvalue weighted by molar-refractivity contribution is 6.52. The third-order valence-electron chi connectivity index (χ3n) is 6.93. The smallest absolute Gasteiger partial charge is 0.323 e. The van der Waals surface area contributed by atoms with Gasteiger partial charge in [-0.1, -0.05) is 13.3 Å². The zero-order chi connectivity index (χ0) is 22.8. The van der Waals surface area contributed by atoms with E-state index < -0.39 is 6.03 Å². The Kier molecular flexibility index (Phi) is 6.94. The Morgan fingerprint density at radius 3 is 2.32 bits per heavy atom.